The number of hydrogen-bond acceptors (Lipinski definition) is 6. The van der Waals surface area contributed by atoms with Crippen molar-refractivity contribution in [3.8, 4) is 0 Å². The zero-order valence-electron chi connectivity index (χ0n) is 14.5. The van der Waals surface area contributed by atoms with Crippen molar-refractivity contribution in [3.63, 3.8) is 0 Å². The van der Waals surface area contributed by atoms with E-state index in [1.807, 2.05) is 25.1 Å². The summed E-state index contributed by atoms with van der Waals surface area (Å²) in [4.78, 5) is 10.3. The molecule has 1 saturated heterocycles. The second-order valence-electron chi connectivity index (χ2n) is 5.96. The maximum Gasteiger partial charge on any atom is 0.239 e. The van der Waals surface area contributed by atoms with Crippen LogP contribution in [0, 0.1) is 0 Å². The number of thioether (sulfide) groups is 1. The lowest BCUT2D eigenvalue weighted by Crippen LogP contribution is -2.45. The highest BCUT2D eigenvalue weighted by molar-refractivity contribution is 8.14. The van der Waals surface area contributed by atoms with Crippen molar-refractivity contribution in [2.45, 2.75) is 24.1 Å². The van der Waals surface area contributed by atoms with Gasteiger partial charge < -0.3 is 10.0 Å². The number of amidine groups is 1. The maximum absolute atomic E-state index is 11.8. The van der Waals surface area contributed by atoms with E-state index in [0.29, 0.717) is 29.6 Å². The Hall–Kier alpha value is -1.65. The SMILES string of the molecule is CCN1/C(=N\Cc2ccccn2)SCC1(O)c1ccc(Cl)c(S(N)(=O)=O)c1. The molecule has 10 heteroatoms. The molecule has 0 saturated carbocycles. The van der Waals surface area contributed by atoms with Crippen molar-refractivity contribution in [1.82, 2.24) is 9.88 Å². The van der Waals surface area contributed by atoms with Crippen LogP contribution in [0.1, 0.15) is 18.2 Å². The fraction of sp³-hybridized carbons (Fsp3) is 0.294. The molecule has 2 heterocycles. The number of hydrogen-bond donors (Lipinski definition) is 2. The van der Waals surface area contributed by atoms with Gasteiger partial charge in [0.1, 0.15) is 4.90 Å². The minimum absolute atomic E-state index is 0.0163. The van der Waals surface area contributed by atoms with E-state index in [9.17, 15) is 13.5 Å². The van der Waals surface area contributed by atoms with Crippen LogP contribution in [-0.2, 0) is 22.3 Å². The Morgan fingerprint density at radius 2 is 2.19 bits per heavy atom. The molecule has 1 atom stereocenters. The van der Waals surface area contributed by atoms with Crippen LogP contribution in [0.15, 0.2) is 52.5 Å². The molecule has 144 valence electrons. The Labute approximate surface area is 167 Å². The van der Waals surface area contributed by atoms with Crippen molar-refractivity contribution in [2.75, 3.05) is 12.3 Å². The van der Waals surface area contributed by atoms with Crippen molar-refractivity contribution < 1.29 is 13.5 Å². The number of primary sulfonamides is 1. The third-order valence-corrected chi connectivity index (χ3v) is 6.75. The standard InChI is InChI=1S/C17H19ClN4O3S2/c1-2-22-16(21-10-13-5-3-4-8-20-13)26-11-17(22,23)12-6-7-14(18)15(9-12)27(19,24)25/h3-9,23H,2,10-11H2,1H3,(H2,19,24,25)/b21-16+. The van der Waals surface area contributed by atoms with Crippen LogP contribution >= 0.6 is 23.4 Å². The summed E-state index contributed by atoms with van der Waals surface area (Å²) in [6.07, 6.45) is 1.70. The monoisotopic (exact) mass is 426 g/mol. The molecule has 1 unspecified atom stereocenters. The predicted octanol–water partition coefficient (Wildman–Crippen LogP) is 2.15. The summed E-state index contributed by atoms with van der Waals surface area (Å²) in [5.41, 5.74) is -0.194. The number of nitrogens with zero attached hydrogens (tertiary/aromatic N) is 3. The van der Waals surface area contributed by atoms with E-state index in [0.717, 1.165) is 5.69 Å². The summed E-state index contributed by atoms with van der Waals surface area (Å²) >= 11 is 7.36. The van der Waals surface area contributed by atoms with Gasteiger partial charge in [0.2, 0.25) is 10.0 Å². The molecule has 3 N–H and O–H groups in total. The summed E-state index contributed by atoms with van der Waals surface area (Å²) in [5.74, 6) is 0.299. The van der Waals surface area contributed by atoms with Gasteiger partial charge in [-0.3, -0.25) is 9.98 Å². The Bertz CT molecular complexity index is 969. The Morgan fingerprint density at radius 3 is 2.81 bits per heavy atom. The predicted molar refractivity (Wildman–Crippen MR) is 107 cm³/mol. The highest BCUT2D eigenvalue weighted by Crippen LogP contribution is 2.40. The minimum atomic E-state index is -4.00. The third kappa shape index (κ3) is 4.12. The molecule has 2 aromatic rings. The van der Waals surface area contributed by atoms with Gasteiger partial charge in [0.25, 0.3) is 0 Å². The fourth-order valence-corrected chi connectivity index (χ4v) is 5.17. The number of sulfonamides is 1. The number of benzene rings is 1. The molecule has 1 aromatic carbocycles. The van der Waals surface area contributed by atoms with Crippen molar-refractivity contribution in [3.05, 3.63) is 58.9 Å². The minimum Gasteiger partial charge on any atom is -0.366 e. The molecule has 0 radical (unpaired) electrons. The topological polar surface area (TPSA) is 109 Å². The number of aliphatic imine (C=N–C) groups is 1. The average Bonchev–Trinajstić information content (AvgIpc) is 2.97. The third-order valence-electron chi connectivity index (χ3n) is 4.20. The molecule has 1 aliphatic heterocycles. The van der Waals surface area contributed by atoms with E-state index in [1.54, 1.807) is 17.2 Å². The van der Waals surface area contributed by atoms with Gasteiger partial charge in [-0.1, -0.05) is 35.5 Å². The van der Waals surface area contributed by atoms with E-state index in [2.05, 4.69) is 9.98 Å². The van der Waals surface area contributed by atoms with Crippen LogP contribution in [0.4, 0.5) is 0 Å². The van der Waals surface area contributed by atoms with Gasteiger partial charge in [-0.15, -0.1) is 0 Å². The number of aromatic nitrogens is 1. The van der Waals surface area contributed by atoms with E-state index >= 15 is 0 Å². The summed E-state index contributed by atoms with van der Waals surface area (Å²) in [5, 5.41) is 17.2. The van der Waals surface area contributed by atoms with Crippen molar-refractivity contribution in [1.29, 1.82) is 0 Å². The molecule has 1 fully saturated rings. The van der Waals surface area contributed by atoms with Crippen molar-refractivity contribution >= 4 is 38.6 Å². The van der Waals surface area contributed by atoms with Crippen LogP contribution < -0.4 is 5.14 Å². The van der Waals surface area contributed by atoms with Gasteiger partial charge >= 0.3 is 0 Å². The molecule has 27 heavy (non-hydrogen) atoms. The number of halogens is 1. The van der Waals surface area contributed by atoms with E-state index in [4.69, 9.17) is 16.7 Å². The summed E-state index contributed by atoms with van der Waals surface area (Å²) in [6.45, 7) is 2.76. The fourth-order valence-electron chi connectivity index (χ4n) is 2.86. The Morgan fingerprint density at radius 1 is 1.41 bits per heavy atom. The molecule has 0 aliphatic carbocycles. The number of nitrogens with two attached hydrogens (primary N) is 1. The molecule has 0 spiro atoms. The summed E-state index contributed by atoms with van der Waals surface area (Å²) in [6, 6.07) is 9.95. The second kappa shape index (κ2) is 7.76. The summed E-state index contributed by atoms with van der Waals surface area (Å²) < 4.78 is 23.5. The quantitative estimate of drug-likeness (QED) is 0.758. The van der Waals surface area contributed by atoms with Crippen LogP contribution in [0.3, 0.4) is 0 Å². The lowest BCUT2D eigenvalue weighted by Gasteiger charge is -2.34. The Balaban J connectivity index is 1.94. The molecule has 7 nitrogen and oxygen atoms in total. The number of aliphatic hydroxyl groups is 1. The van der Waals surface area contributed by atoms with Gasteiger partial charge in [0.05, 0.1) is 23.0 Å². The maximum atomic E-state index is 11.8. The highest BCUT2D eigenvalue weighted by Gasteiger charge is 2.44. The summed E-state index contributed by atoms with van der Waals surface area (Å²) in [7, 11) is -4.00. The second-order valence-corrected chi connectivity index (χ2v) is 8.84. The highest BCUT2D eigenvalue weighted by atomic mass is 35.5. The molecule has 1 aliphatic rings. The zero-order chi connectivity index (χ0) is 19.7. The van der Waals surface area contributed by atoms with Gasteiger partial charge in [0, 0.05) is 18.3 Å². The zero-order valence-corrected chi connectivity index (χ0v) is 16.9. The lowest BCUT2D eigenvalue weighted by atomic mass is 10.0. The first-order chi connectivity index (χ1) is 12.8. The first-order valence-corrected chi connectivity index (χ1v) is 11.1. The van der Waals surface area contributed by atoms with E-state index < -0.39 is 15.7 Å². The molecular weight excluding hydrogens is 408 g/mol. The van der Waals surface area contributed by atoms with Crippen LogP contribution in [0.2, 0.25) is 5.02 Å². The average molecular weight is 427 g/mol. The van der Waals surface area contributed by atoms with Crippen molar-refractivity contribution in [2.24, 2.45) is 10.1 Å². The lowest BCUT2D eigenvalue weighted by molar-refractivity contribution is -0.0455. The number of rotatable bonds is 5. The molecular formula is C17H19ClN4O3S2. The van der Waals surface area contributed by atoms with E-state index in [1.165, 1.54) is 23.9 Å². The van der Waals surface area contributed by atoms with Crippen LogP contribution in [0.25, 0.3) is 0 Å². The van der Waals surface area contributed by atoms with Gasteiger partial charge in [0.15, 0.2) is 10.9 Å². The van der Waals surface area contributed by atoms with Crippen LogP contribution in [0.5, 0.6) is 0 Å². The first-order valence-electron chi connectivity index (χ1n) is 8.15. The largest absolute Gasteiger partial charge is 0.366 e. The Kier molecular flexibility index (Phi) is 5.78. The smallest absolute Gasteiger partial charge is 0.239 e. The molecule has 1 aromatic heterocycles. The van der Waals surface area contributed by atoms with Gasteiger partial charge in [-0.05, 0) is 31.2 Å². The number of pyridine rings is 1. The normalized spacial score (nSPS) is 21.8. The molecule has 3 rings (SSSR count). The molecule has 0 amide bonds. The van der Waals surface area contributed by atoms with Gasteiger partial charge in [-0.25, -0.2) is 13.6 Å². The first kappa shape index (κ1) is 20.1. The van der Waals surface area contributed by atoms with E-state index in [-0.39, 0.29) is 9.92 Å². The van der Waals surface area contributed by atoms with Gasteiger partial charge in [-0.2, -0.15) is 0 Å². The van der Waals surface area contributed by atoms with Crippen LogP contribution in [-0.4, -0.2) is 40.9 Å². The molecule has 0 bridgehead atoms.